The molecule has 0 spiro atoms. The normalized spacial score (nSPS) is 10.6. The predicted molar refractivity (Wildman–Crippen MR) is 94.8 cm³/mol. The van der Waals surface area contributed by atoms with Crippen molar-refractivity contribution < 1.29 is 4.79 Å². The van der Waals surface area contributed by atoms with Crippen molar-refractivity contribution in [1.82, 2.24) is 0 Å². The minimum Gasteiger partial charge on any atom is -0.289 e. The van der Waals surface area contributed by atoms with E-state index < -0.39 is 0 Å². The van der Waals surface area contributed by atoms with Crippen molar-refractivity contribution in [1.29, 1.82) is 0 Å². The number of hydrogen-bond donors (Lipinski definition) is 0. The van der Waals surface area contributed by atoms with E-state index >= 15 is 0 Å². The SMILES string of the molecule is CCCCPC(=O)c1c(C)cccc1-c1ccccc1.[Li]. The third-order valence-electron chi connectivity index (χ3n) is 3.40. The number of benzene rings is 2. The molecule has 1 unspecified atom stereocenters. The first-order valence-electron chi connectivity index (χ1n) is 7.17. The van der Waals surface area contributed by atoms with Gasteiger partial charge < -0.3 is 0 Å². The van der Waals surface area contributed by atoms with E-state index in [4.69, 9.17) is 0 Å². The maximum Gasteiger partial charge on any atom is 0.181 e. The number of carbonyl (C=O) groups is 1. The molecular weight excluding hydrogens is 270 g/mol. The molecule has 1 nitrogen and oxygen atoms in total. The fraction of sp³-hybridized carbons (Fsp3) is 0.278. The molecule has 2 aromatic rings. The molecule has 0 heterocycles. The summed E-state index contributed by atoms with van der Waals surface area (Å²) >= 11 is 0. The van der Waals surface area contributed by atoms with Crippen LogP contribution in [0.4, 0.5) is 0 Å². The van der Waals surface area contributed by atoms with Gasteiger partial charge in [-0.2, -0.15) is 0 Å². The van der Waals surface area contributed by atoms with Crippen LogP contribution in [0.2, 0.25) is 0 Å². The van der Waals surface area contributed by atoms with Crippen LogP contribution < -0.4 is 0 Å². The number of hydrogen-bond acceptors (Lipinski definition) is 1. The zero-order chi connectivity index (χ0) is 14.4. The van der Waals surface area contributed by atoms with E-state index in [1.165, 1.54) is 0 Å². The molecule has 0 bridgehead atoms. The summed E-state index contributed by atoms with van der Waals surface area (Å²) in [4.78, 5) is 12.5. The van der Waals surface area contributed by atoms with Crippen molar-refractivity contribution in [2.45, 2.75) is 26.7 Å². The molecule has 105 valence electrons. The van der Waals surface area contributed by atoms with Gasteiger partial charge in [-0.15, -0.1) is 0 Å². The van der Waals surface area contributed by atoms with Crippen LogP contribution in [-0.2, 0) is 0 Å². The van der Waals surface area contributed by atoms with E-state index in [9.17, 15) is 4.79 Å². The van der Waals surface area contributed by atoms with Crippen molar-refractivity contribution in [3.8, 4) is 11.1 Å². The summed E-state index contributed by atoms with van der Waals surface area (Å²) in [5.41, 5.74) is 4.49. The van der Waals surface area contributed by atoms with Gasteiger partial charge in [-0.25, -0.2) is 0 Å². The molecule has 0 fully saturated rings. The van der Waals surface area contributed by atoms with Gasteiger partial charge in [-0.3, -0.25) is 4.79 Å². The third kappa shape index (κ3) is 4.82. The van der Waals surface area contributed by atoms with E-state index in [2.05, 4.69) is 25.1 Å². The van der Waals surface area contributed by atoms with Crippen molar-refractivity contribution >= 4 is 33.0 Å². The molecule has 0 saturated heterocycles. The maximum absolute atomic E-state index is 12.5. The predicted octanol–water partition coefficient (Wildman–Crippen LogP) is 4.90. The molecule has 2 rings (SSSR count). The van der Waals surface area contributed by atoms with Crippen molar-refractivity contribution in [3.05, 3.63) is 59.7 Å². The van der Waals surface area contributed by atoms with Crippen LogP contribution in [0, 0.1) is 6.92 Å². The molecule has 0 amide bonds. The first kappa shape index (κ1) is 18.2. The van der Waals surface area contributed by atoms with Gasteiger partial charge in [-0.05, 0) is 44.8 Å². The molecular formula is C18H21LiOP. The van der Waals surface area contributed by atoms with Crippen LogP contribution in [0.15, 0.2) is 48.5 Å². The molecule has 0 aliphatic rings. The third-order valence-corrected chi connectivity index (χ3v) is 4.58. The molecule has 0 aliphatic carbocycles. The molecule has 21 heavy (non-hydrogen) atoms. The first-order valence-corrected chi connectivity index (χ1v) is 8.38. The molecule has 1 radical (unpaired) electrons. The summed E-state index contributed by atoms with van der Waals surface area (Å²) < 4.78 is 0. The van der Waals surface area contributed by atoms with Gasteiger partial charge in [0.2, 0.25) is 0 Å². The molecule has 1 atom stereocenters. The Morgan fingerprint density at radius 1 is 1.05 bits per heavy atom. The van der Waals surface area contributed by atoms with E-state index in [-0.39, 0.29) is 18.9 Å². The minimum absolute atomic E-state index is 0. The second kappa shape index (κ2) is 9.22. The van der Waals surface area contributed by atoms with E-state index in [1.807, 2.05) is 37.3 Å². The smallest absolute Gasteiger partial charge is 0.181 e. The summed E-state index contributed by atoms with van der Waals surface area (Å²) in [6, 6.07) is 16.3. The maximum atomic E-state index is 12.5. The quantitative estimate of drug-likeness (QED) is 0.420. The number of rotatable bonds is 6. The molecule has 2 aromatic carbocycles. The van der Waals surface area contributed by atoms with Gasteiger partial charge in [0.05, 0.1) is 0 Å². The Hall–Kier alpha value is -0.863. The number of aryl methyl sites for hydroxylation is 1. The summed E-state index contributed by atoms with van der Waals surface area (Å²) in [6.07, 6.45) is 3.30. The zero-order valence-corrected chi connectivity index (χ0v) is 14.1. The number of carbonyl (C=O) groups excluding carboxylic acids is 1. The van der Waals surface area contributed by atoms with Crippen LogP contribution in [0.3, 0.4) is 0 Å². The topological polar surface area (TPSA) is 17.1 Å². The van der Waals surface area contributed by atoms with Crippen molar-refractivity contribution in [3.63, 3.8) is 0 Å². The summed E-state index contributed by atoms with van der Waals surface area (Å²) in [6.45, 7) is 4.20. The van der Waals surface area contributed by atoms with E-state index in [0.29, 0.717) is 14.1 Å². The zero-order valence-electron chi connectivity index (χ0n) is 13.1. The second-order valence-electron chi connectivity index (χ2n) is 4.97. The Morgan fingerprint density at radius 2 is 1.76 bits per heavy atom. The van der Waals surface area contributed by atoms with E-state index in [1.54, 1.807) is 0 Å². The van der Waals surface area contributed by atoms with Crippen molar-refractivity contribution in [2.75, 3.05) is 6.16 Å². The van der Waals surface area contributed by atoms with Gasteiger partial charge in [-0.1, -0.05) is 61.9 Å². The Bertz CT molecular complexity index is 581. The molecule has 0 saturated carbocycles. The monoisotopic (exact) mass is 291 g/mol. The fourth-order valence-electron chi connectivity index (χ4n) is 2.29. The van der Waals surface area contributed by atoms with Crippen LogP contribution in [0.1, 0.15) is 35.7 Å². The van der Waals surface area contributed by atoms with Gasteiger partial charge in [0, 0.05) is 24.4 Å². The fourth-order valence-corrected chi connectivity index (χ4v) is 3.56. The van der Waals surface area contributed by atoms with Crippen LogP contribution in [0.5, 0.6) is 0 Å². The molecule has 3 heteroatoms. The van der Waals surface area contributed by atoms with Crippen LogP contribution in [0.25, 0.3) is 11.1 Å². The van der Waals surface area contributed by atoms with Crippen molar-refractivity contribution in [2.24, 2.45) is 0 Å². The Balaban J connectivity index is 0.00000220. The largest absolute Gasteiger partial charge is 0.289 e. The molecule has 0 N–H and O–H groups in total. The summed E-state index contributed by atoms with van der Waals surface area (Å²) in [5.74, 6) is 0. The van der Waals surface area contributed by atoms with Gasteiger partial charge >= 0.3 is 0 Å². The average Bonchev–Trinajstić information content (AvgIpc) is 2.48. The Morgan fingerprint density at radius 3 is 2.43 bits per heavy atom. The van der Waals surface area contributed by atoms with E-state index in [0.717, 1.165) is 41.3 Å². The van der Waals surface area contributed by atoms with Gasteiger partial charge in [0.15, 0.2) is 5.52 Å². The first-order chi connectivity index (χ1) is 9.74. The van der Waals surface area contributed by atoms with Gasteiger partial charge in [0.25, 0.3) is 0 Å². The van der Waals surface area contributed by atoms with Gasteiger partial charge in [0.1, 0.15) is 0 Å². The average molecular weight is 291 g/mol. The Labute approximate surface area is 141 Å². The minimum atomic E-state index is 0. The Kier molecular flexibility index (Phi) is 7.98. The second-order valence-corrected chi connectivity index (χ2v) is 6.28. The number of unbranched alkanes of at least 4 members (excludes halogenated alkanes) is 1. The molecule has 0 aliphatic heterocycles. The summed E-state index contributed by atoms with van der Waals surface area (Å²) in [5, 5.41) is 0. The standard InChI is InChI=1S/C18H21OP.Li/c1-3-4-13-20-18(19)17-14(2)9-8-12-16(17)15-10-6-5-7-11-15;/h5-12,20H,3-4,13H2,1-2H3;. The molecule has 0 aromatic heterocycles. The van der Waals surface area contributed by atoms with Crippen LogP contribution in [-0.4, -0.2) is 30.5 Å². The van der Waals surface area contributed by atoms with Crippen LogP contribution >= 0.6 is 8.58 Å². The summed E-state index contributed by atoms with van der Waals surface area (Å²) in [7, 11) is 0.389.